The number of aliphatic hydroxyl groups is 1. The molecule has 1 aromatic heterocycles. The molecule has 0 spiro atoms. The van der Waals surface area contributed by atoms with Crippen LogP contribution < -0.4 is 0 Å². The van der Waals surface area contributed by atoms with Crippen LogP contribution in [-0.4, -0.2) is 16.7 Å². The first-order valence-electron chi connectivity index (χ1n) is 3.62. The van der Waals surface area contributed by atoms with E-state index in [9.17, 15) is 0 Å². The van der Waals surface area contributed by atoms with Gasteiger partial charge in [0, 0.05) is 0 Å². The Hall–Kier alpha value is -1.44. The maximum absolute atomic E-state index is 8.59. The highest BCUT2D eigenvalue weighted by molar-refractivity contribution is 7.13. The molecule has 0 saturated carbocycles. The van der Waals surface area contributed by atoms with Gasteiger partial charge in [-0.2, -0.15) is 5.26 Å². The predicted molar refractivity (Wildman–Crippen MR) is 53.0 cm³/mol. The average Bonchev–Trinajstić information content (AvgIpc) is 2.57. The highest BCUT2D eigenvalue weighted by Gasteiger charge is 2.04. The van der Waals surface area contributed by atoms with Crippen LogP contribution in [0.25, 0.3) is 12.2 Å². The van der Waals surface area contributed by atoms with Crippen molar-refractivity contribution in [3.05, 3.63) is 28.2 Å². The third-order valence-corrected chi connectivity index (χ3v) is 2.31. The Morgan fingerprint density at radius 1 is 1.69 bits per heavy atom. The predicted octanol–water partition coefficient (Wildman–Crippen LogP) is 1.66. The van der Waals surface area contributed by atoms with Gasteiger partial charge in [0.1, 0.15) is 6.07 Å². The second-order valence-electron chi connectivity index (χ2n) is 2.17. The van der Waals surface area contributed by atoms with E-state index in [1.165, 1.54) is 11.3 Å². The minimum atomic E-state index is -0.0317. The van der Waals surface area contributed by atoms with Gasteiger partial charge >= 0.3 is 0 Å². The molecule has 0 atom stereocenters. The Morgan fingerprint density at radius 2 is 2.46 bits per heavy atom. The van der Waals surface area contributed by atoms with Crippen LogP contribution in [0.5, 0.6) is 0 Å². The second kappa shape index (κ2) is 4.55. The van der Waals surface area contributed by atoms with E-state index >= 15 is 0 Å². The van der Waals surface area contributed by atoms with Crippen molar-refractivity contribution in [3.63, 3.8) is 0 Å². The monoisotopic (exact) mass is 192 g/mol. The van der Waals surface area contributed by atoms with Crippen LogP contribution in [0.3, 0.4) is 0 Å². The molecule has 0 bridgehead atoms. The fourth-order valence-corrected chi connectivity index (χ4v) is 1.52. The van der Waals surface area contributed by atoms with E-state index in [1.807, 2.05) is 6.07 Å². The summed E-state index contributed by atoms with van der Waals surface area (Å²) >= 11 is 1.29. The van der Waals surface area contributed by atoms with Crippen LogP contribution in [0.1, 0.15) is 15.6 Å². The normalized spacial score (nSPS) is 10.2. The summed E-state index contributed by atoms with van der Waals surface area (Å²) in [4.78, 5) is 4.87. The van der Waals surface area contributed by atoms with Crippen LogP contribution in [0.4, 0.5) is 0 Å². The Bertz CT molecular complexity index is 373. The number of hydrogen-bond acceptors (Lipinski definition) is 4. The molecule has 0 aromatic carbocycles. The molecule has 0 fully saturated rings. The van der Waals surface area contributed by atoms with Gasteiger partial charge in [-0.3, -0.25) is 0 Å². The molecule has 1 N–H and O–H groups in total. The fraction of sp³-hybridized carbons (Fsp3) is 0.111. The Kier molecular flexibility index (Phi) is 3.38. The molecule has 0 aliphatic carbocycles. The first-order chi connectivity index (χ1) is 6.31. The van der Waals surface area contributed by atoms with E-state index in [4.69, 9.17) is 10.4 Å². The summed E-state index contributed by atoms with van der Waals surface area (Å²) in [5.74, 6) is 0. The van der Waals surface area contributed by atoms with Crippen LogP contribution in [0, 0.1) is 11.3 Å². The SMILES string of the molecule is C=Cc1sc(C#N)nc1/C=C\CO. The number of rotatable bonds is 3. The van der Waals surface area contributed by atoms with Crippen LogP contribution in [0.15, 0.2) is 12.7 Å². The summed E-state index contributed by atoms with van der Waals surface area (Å²) in [5, 5.41) is 17.5. The molecule has 1 heterocycles. The molecule has 0 unspecified atom stereocenters. The van der Waals surface area contributed by atoms with Crippen molar-refractivity contribution >= 4 is 23.5 Å². The minimum absolute atomic E-state index is 0.0317. The van der Waals surface area contributed by atoms with Crippen molar-refractivity contribution < 1.29 is 5.11 Å². The third-order valence-electron chi connectivity index (χ3n) is 1.34. The van der Waals surface area contributed by atoms with Gasteiger partial charge in [0.15, 0.2) is 5.01 Å². The molecule has 0 aliphatic heterocycles. The van der Waals surface area contributed by atoms with Gasteiger partial charge in [0.2, 0.25) is 0 Å². The summed E-state index contributed by atoms with van der Waals surface area (Å²) in [6.45, 7) is 3.58. The molecular weight excluding hydrogens is 184 g/mol. The zero-order valence-corrected chi connectivity index (χ0v) is 7.71. The fourth-order valence-electron chi connectivity index (χ4n) is 0.822. The third kappa shape index (κ3) is 2.25. The lowest BCUT2D eigenvalue weighted by molar-refractivity contribution is 0.343. The van der Waals surface area contributed by atoms with Gasteiger partial charge in [0.25, 0.3) is 0 Å². The molecule has 0 amide bonds. The van der Waals surface area contributed by atoms with Gasteiger partial charge in [-0.25, -0.2) is 4.98 Å². The number of aliphatic hydroxyl groups excluding tert-OH is 1. The van der Waals surface area contributed by atoms with Crippen molar-refractivity contribution in [1.29, 1.82) is 5.26 Å². The Labute approximate surface area is 80.3 Å². The second-order valence-corrected chi connectivity index (χ2v) is 3.20. The van der Waals surface area contributed by atoms with Gasteiger partial charge in [0.05, 0.1) is 17.2 Å². The number of aromatic nitrogens is 1. The quantitative estimate of drug-likeness (QED) is 0.792. The Balaban J connectivity index is 3.05. The maximum Gasteiger partial charge on any atom is 0.195 e. The average molecular weight is 192 g/mol. The molecule has 1 aromatic rings. The number of nitriles is 1. The van der Waals surface area contributed by atoms with Crippen molar-refractivity contribution in [2.24, 2.45) is 0 Å². The first-order valence-corrected chi connectivity index (χ1v) is 4.44. The molecule has 66 valence electrons. The topological polar surface area (TPSA) is 56.9 Å². The highest BCUT2D eigenvalue weighted by atomic mass is 32.1. The number of thiazole rings is 1. The first kappa shape index (κ1) is 9.65. The van der Waals surface area contributed by atoms with Gasteiger partial charge in [-0.05, 0) is 12.2 Å². The van der Waals surface area contributed by atoms with E-state index in [1.54, 1.807) is 18.2 Å². The number of nitrogens with zero attached hydrogens (tertiary/aromatic N) is 2. The molecule has 1 rings (SSSR count). The summed E-state index contributed by atoms with van der Waals surface area (Å²) in [6, 6.07) is 1.96. The minimum Gasteiger partial charge on any atom is -0.392 e. The molecule has 3 nitrogen and oxygen atoms in total. The summed E-state index contributed by atoms with van der Waals surface area (Å²) in [7, 11) is 0. The smallest absolute Gasteiger partial charge is 0.195 e. The highest BCUT2D eigenvalue weighted by Crippen LogP contribution is 2.20. The zero-order valence-electron chi connectivity index (χ0n) is 6.90. The lowest BCUT2D eigenvalue weighted by Crippen LogP contribution is -1.77. The van der Waals surface area contributed by atoms with Crippen LogP contribution in [0.2, 0.25) is 0 Å². The summed E-state index contributed by atoms with van der Waals surface area (Å²) in [6.07, 6.45) is 4.90. The summed E-state index contributed by atoms with van der Waals surface area (Å²) < 4.78 is 0. The van der Waals surface area contributed by atoms with E-state index in [0.29, 0.717) is 10.7 Å². The molecule has 13 heavy (non-hydrogen) atoms. The largest absolute Gasteiger partial charge is 0.392 e. The zero-order chi connectivity index (χ0) is 9.68. The van der Waals surface area contributed by atoms with Crippen molar-refractivity contribution in [2.45, 2.75) is 0 Å². The molecular formula is C9H8N2OS. The standard InChI is InChI=1S/C9H8N2OS/c1-2-8-7(4-3-5-12)11-9(6-10)13-8/h2-4,12H,1,5H2/b4-3-. The van der Waals surface area contributed by atoms with Crippen molar-refractivity contribution in [2.75, 3.05) is 6.61 Å². The van der Waals surface area contributed by atoms with E-state index in [0.717, 1.165) is 4.88 Å². The van der Waals surface area contributed by atoms with Gasteiger partial charge in [-0.15, -0.1) is 11.3 Å². The summed E-state index contributed by atoms with van der Waals surface area (Å²) in [5.41, 5.74) is 0.686. The van der Waals surface area contributed by atoms with E-state index in [-0.39, 0.29) is 6.61 Å². The molecule has 4 heteroatoms. The maximum atomic E-state index is 8.59. The van der Waals surface area contributed by atoms with E-state index < -0.39 is 0 Å². The van der Waals surface area contributed by atoms with E-state index in [2.05, 4.69) is 11.6 Å². The van der Waals surface area contributed by atoms with Crippen molar-refractivity contribution in [1.82, 2.24) is 4.98 Å². The molecule has 0 aliphatic rings. The van der Waals surface area contributed by atoms with Crippen LogP contribution >= 0.6 is 11.3 Å². The van der Waals surface area contributed by atoms with Crippen molar-refractivity contribution in [3.8, 4) is 6.07 Å². The lowest BCUT2D eigenvalue weighted by atomic mass is 10.3. The van der Waals surface area contributed by atoms with Crippen LogP contribution in [-0.2, 0) is 0 Å². The molecule has 0 saturated heterocycles. The van der Waals surface area contributed by atoms with Gasteiger partial charge < -0.3 is 5.11 Å². The number of hydrogen-bond donors (Lipinski definition) is 1. The van der Waals surface area contributed by atoms with Gasteiger partial charge in [-0.1, -0.05) is 12.7 Å². The Morgan fingerprint density at radius 3 is 3.00 bits per heavy atom. The molecule has 0 radical (unpaired) electrons. The lowest BCUT2D eigenvalue weighted by Gasteiger charge is -1.85.